The molecule has 132 valence electrons. The fourth-order valence-corrected chi connectivity index (χ4v) is 3.34. The first-order valence-corrected chi connectivity index (χ1v) is 8.03. The summed E-state index contributed by atoms with van der Waals surface area (Å²) in [6.45, 7) is 6.35. The van der Waals surface area contributed by atoms with Crippen LogP contribution in [0.5, 0.6) is 0 Å². The Bertz CT molecular complexity index is 647. The van der Waals surface area contributed by atoms with Gasteiger partial charge in [-0.3, -0.25) is 9.69 Å². The molecule has 0 aliphatic carbocycles. The van der Waals surface area contributed by atoms with E-state index < -0.39 is 11.7 Å². The van der Waals surface area contributed by atoms with Gasteiger partial charge in [-0.2, -0.15) is 13.2 Å². The van der Waals surface area contributed by atoms with Gasteiger partial charge in [0.05, 0.1) is 17.3 Å². The van der Waals surface area contributed by atoms with Crippen molar-refractivity contribution >= 4 is 17.4 Å². The maximum Gasteiger partial charge on any atom is 0.417 e. The number of pyridine rings is 1. The van der Waals surface area contributed by atoms with Crippen molar-refractivity contribution in [1.29, 1.82) is 0 Å². The standard InChI is InChI=1S/C16H21F3N4O/c1-10(2)22-4-5-23-12(9-22)7-14(24)21(3)13-6-11(16(17,18)19)8-20-15(13)23/h6,8,10,12H,4-5,7,9H2,1-3H3/t12-/m1/s1. The van der Waals surface area contributed by atoms with Crippen molar-refractivity contribution in [2.45, 2.75) is 38.5 Å². The molecule has 2 aliphatic rings. The largest absolute Gasteiger partial charge is 0.417 e. The Morgan fingerprint density at radius 3 is 2.62 bits per heavy atom. The molecule has 0 bridgehead atoms. The van der Waals surface area contributed by atoms with Crippen molar-refractivity contribution in [1.82, 2.24) is 9.88 Å². The lowest BCUT2D eigenvalue weighted by atomic mass is 10.1. The first-order valence-electron chi connectivity index (χ1n) is 8.03. The van der Waals surface area contributed by atoms with Gasteiger partial charge in [0.2, 0.25) is 5.91 Å². The van der Waals surface area contributed by atoms with Gasteiger partial charge in [0, 0.05) is 45.3 Å². The number of rotatable bonds is 1. The summed E-state index contributed by atoms with van der Waals surface area (Å²) in [6, 6.07) is 1.32. The molecular weight excluding hydrogens is 321 g/mol. The van der Waals surface area contributed by atoms with Crippen molar-refractivity contribution in [2.75, 3.05) is 36.5 Å². The molecule has 0 spiro atoms. The second-order valence-corrected chi connectivity index (χ2v) is 6.66. The van der Waals surface area contributed by atoms with E-state index in [0.717, 1.165) is 18.8 Å². The van der Waals surface area contributed by atoms with Crippen molar-refractivity contribution in [3.63, 3.8) is 0 Å². The first-order chi connectivity index (χ1) is 11.2. The van der Waals surface area contributed by atoms with Gasteiger partial charge in [-0.05, 0) is 19.9 Å². The molecule has 1 aromatic rings. The average molecular weight is 342 g/mol. The van der Waals surface area contributed by atoms with Crippen LogP contribution in [0.4, 0.5) is 24.7 Å². The molecule has 8 heteroatoms. The lowest BCUT2D eigenvalue weighted by Gasteiger charge is -2.42. The lowest BCUT2D eigenvalue weighted by molar-refractivity contribution is -0.137. The summed E-state index contributed by atoms with van der Waals surface area (Å²) in [5, 5.41) is 0. The highest BCUT2D eigenvalue weighted by molar-refractivity contribution is 5.98. The molecule has 0 radical (unpaired) electrons. The third-order valence-electron chi connectivity index (χ3n) is 4.84. The van der Waals surface area contributed by atoms with E-state index in [4.69, 9.17) is 0 Å². The predicted molar refractivity (Wildman–Crippen MR) is 85.1 cm³/mol. The van der Waals surface area contributed by atoms with Crippen LogP contribution >= 0.6 is 0 Å². The highest BCUT2D eigenvalue weighted by atomic mass is 19.4. The third-order valence-corrected chi connectivity index (χ3v) is 4.84. The monoisotopic (exact) mass is 342 g/mol. The molecule has 3 rings (SSSR count). The lowest BCUT2D eigenvalue weighted by Crippen LogP contribution is -2.55. The summed E-state index contributed by atoms with van der Waals surface area (Å²) >= 11 is 0. The fraction of sp³-hybridized carbons (Fsp3) is 0.625. The molecule has 1 saturated heterocycles. The second-order valence-electron chi connectivity index (χ2n) is 6.66. The predicted octanol–water partition coefficient (Wildman–Crippen LogP) is 2.37. The maximum absolute atomic E-state index is 13.0. The van der Waals surface area contributed by atoms with Crippen LogP contribution in [0, 0.1) is 0 Å². The number of hydrogen-bond acceptors (Lipinski definition) is 4. The van der Waals surface area contributed by atoms with E-state index in [2.05, 4.69) is 23.7 Å². The van der Waals surface area contributed by atoms with Gasteiger partial charge in [-0.1, -0.05) is 0 Å². The van der Waals surface area contributed by atoms with Crippen LogP contribution in [0.1, 0.15) is 25.8 Å². The highest BCUT2D eigenvalue weighted by Gasteiger charge is 2.39. The first kappa shape index (κ1) is 17.0. The summed E-state index contributed by atoms with van der Waals surface area (Å²) in [5.74, 6) is 0.278. The van der Waals surface area contributed by atoms with E-state index in [1.807, 2.05) is 4.90 Å². The van der Waals surface area contributed by atoms with Gasteiger partial charge in [0.25, 0.3) is 0 Å². The summed E-state index contributed by atoms with van der Waals surface area (Å²) in [7, 11) is 1.52. The second kappa shape index (κ2) is 5.91. The van der Waals surface area contributed by atoms with E-state index in [1.165, 1.54) is 11.9 Å². The zero-order valence-electron chi connectivity index (χ0n) is 14.0. The minimum atomic E-state index is -4.48. The minimum Gasteiger partial charge on any atom is -0.349 e. The van der Waals surface area contributed by atoms with E-state index >= 15 is 0 Å². The smallest absolute Gasteiger partial charge is 0.349 e. The molecule has 0 aromatic carbocycles. The van der Waals surface area contributed by atoms with Crippen molar-refractivity contribution < 1.29 is 18.0 Å². The van der Waals surface area contributed by atoms with Crippen LogP contribution in [0.3, 0.4) is 0 Å². The Morgan fingerprint density at radius 1 is 1.29 bits per heavy atom. The quantitative estimate of drug-likeness (QED) is 0.786. The Hall–Kier alpha value is -1.83. The summed E-state index contributed by atoms with van der Waals surface area (Å²) in [4.78, 5) is 22.1. The number of anilines is 2. The van der Waals surface area contributed by atoms with Crippen LogP contribution < -0.4 is 9.80 Å². The number of carbonyl (C=O) groups is 1. The zero-order chi connectivity index (χ0) is 17.6. The Kier molecular flexibility index (Phi) is 4.19. The molecule has 2 aliphatic heterocycles. The topological polar surface area (TPSA) is 39.7 Å². The summed E-state index contributed by atoms with van der Waals surface area (Å²) < 4.78 is 39.0. The van der Waals surface area contributed by atoms with E-state index in [-0.39, 0.29) is 24.1 Å². The molecule has 0 N–H and O–H groups in total. The Labute approximate surface area is 139 Å². The molecule has 1 aromatic heterocycles. The van der Waals surface area contributed by atoms with Crippen molar-refractivity contribution in [2.24, 2.45) is 0 Å². The summed E-state index contributed by atoms with van der Waals surface area (Å²) in [5.41, 5.74) is -0.601. The molecule has 1 fully saturated rings. The van der Waals surface area contributed by atoms with E-state index in [9.17, 15) is 18.0 Å². The van der Waals surface area contributed by atoms with Crippen molar-refractivity contribution in [3.8, 4) is 0 Å². The number of halogens is 3. The number of carbonyl (C=O) groups excluding carboxylic acids is 1. The zero-order valence-corrected chi connectivity index (χ0v) is 14.0. The highest BCUT2D eigenvalue weighted by Crippen LogP contribution is 2.38. The molecular formula is C16H21F3N4O. The van der Waals surface area contributed by atoms with Gasteiger partial charge < -0.3 is 9.80 Å². The van der Waals surface area contributed by atoms with Crippen LogP contribution in [-0.2, 0) is 11.0 Å². The van der Waals surface area contributed by atoms with Gasteiger partial charge >= 0.3 is 6.18 Å². The van der Waals surface area contributed by atoms with Crippen LogP contribution in [-0.4, -0.2) is 54.6 Å². The van der Waals surface area contributed by atoms with E-state index in [1.54, 1.807) is 0 Å². The molecule has 0 unspecified atom stereocenters. The van der Waals surface area contributed by atoms with Gasteiger partial charge in [-0.25, -0.2) is 4.98 Å². The molecule has 0 saturated carbocycles. The van der Waals surface area contributed by atoms with Crippen LogP contribution in [0.15, 0.2) is 12.3 Å². The third kappa shape index (κ3) is 2.94. The average Bonchev–Trinajstić information content (AvgIpc) is 2.61. The normalized spacial score (nSPS) is 22.5. The van der Waals surface area contributed by atoms with Crippen LogP contribution in [0.2, 0.25) is 0 Å². The molecule has 1 atom stereocenters. The van der Waals surface area contributed by atoms with Gasteiger partial charge in [-0.15, -0.1) is 0 Å². The van der Waals surface area contributed by atoms with E-state index in [0.29, 0.717) is 24.9 Å². The number of nitrogens with zero attached hydrogens (tertiary/aromatic N) is 4. The Morgan fingerprint density at radius 2 is 2.00 bits per heavy atom. The fourth-order valence-electron chi connectivity index (χ4n) is 3.34. The maximum atomic E-state index is 13.0. The SMILES string of the molecule is CC(C)N1CCN2c3ncc(C(F)(F)F)cc3N(C)C(=O)C[C@@H]2C1. The van der Waals surface area contributed by atoms with Gasteiger partial charge in [0.1, 0.15) is 0 Å². The number of aromatic nitrogens is 1. The number of amides is 1. The number of alkyl halides is 3. The number of fused-ring (bicyclic) bond motifs is 3. The molecule has 1 amide bonds. The molecule has 5 nitrogen and oxygen atoms in total. The van der Waals surface area contributed by atoms with Crippen LogP contribution in [0.25, 0.3) is 0 Å². The number of hydrogen-bond donors (Lipinski definition) is 0. The number of piperazine rings is 1. The minimum absolute atomic E-state index is 0.0680. The van der Waals surface area contributed by atoms with Crippen molar-refractivity contribution in [3.05, 3.63) is 17.8 Å². The molecule has 3 heterocycles. The molecule has 24 heavy (non-hydrogen) atoms. The Balaban J connectivity index is 2.01. The summed E-state index contributed by atoms with van der Waals surface area (Å²) in [6.07, 6.45) is -3.35. The van der Waals surface area contributed by atoms with Gasteiger partial charge in [0.15, 0.2) is 5.82 Å².